The Morgan fingerprint density at radius 1 is 1.16 bits per heavy atom. The predicted octanol–water partition coefficient (Wildman–Crippen LogP) is 1.42. The minimum absolute atomic E-state index is 0.0958. The van der Waals surface area contributed by atoms with Crippen molar-refractivity contribution in [3.8, 4) is 11.5 Å². The molecule has 0 saturated carbocycles. The van der Waals surface area contributed by atoms with Crippen LogP contribution in [0.1, 0.15) is 16.8 Å². The number of carbonyl (C=O) groups is 2. The van der Waals surface area contributed by atoms with Gasteiger partial charge < -0.3 is 18.9 Å². The molecule has 104 valence electrons. The number of hydrogen-bond acceptors (Lipinski definition) is 6. The van der Waals surface area contributed by atoms with Gasteiger partial charge in [-0.05, 0) is 12.1 Å². The van der Waals surface area contributed by atoms with Crippen LogP contribution in [-0.4, -0.2) is 39.9 Å². The Balaban J connectivity index is 2.89. The highest BCUT2D eigenvalue weighted by Crippen LogP contribution is 2.26. The van der Waals surface area contributed by atoms with E-state index in [2.05, 4.69) is 4.74 Å². The lowest BCUT2D eigenvalue weighted by Gasteiger charge is -2.10. The molecule has 0 aromatic heterocycles. The molecule has 6 nitrogen and oxygen atoms in total. The lowest BCUT2D eigenvalue weighted by molar-refractivity contribution is -0.139. The Morgan fingerprint density at radius 2 is 1.89 bits per heavy atom. The largest absolute Gasteiger partial charge is 0.496 e. The normalized spacial score (nSPS) is 9.84. The maximum Gasteiger partial charge on any atom is 0.313 e. The zero-order valence-electron chi connectivity index (χ0n) is 11.1. The second kappa shape index (κ2) is 7.38. The first-order valence-electron chi connectivity index (χ1n) is 5.52. The Bertz CT molecular complexity index is 454. The highest BCUT2D eigenvalue weighted by molar-refractivity contribution is 6.07. The van der Waals surface area contributed by atoms with Gasteiger partial charge in [0.25, 0.3) is 0 Å². The van der Waals surface area contributed by atoms with Crippen molar-refractivity contribution in [3.63, 3.8) is 0 Å². The Morgan fingerprint density at radius 3 is 2.47 bits per heavy atom. The van der Waals surface area contributed by atoms with Crippen LogP contribution in [0, 0.1) is 0 Å². The van der Waals surface area contributed by atoms with Crippen molar-refractivity contribution in [3.05, 3.63) is 23.8 Å². The van der Waals surface area contributed by atoms with Crippen LogP contribution in [0.5, 0.6) is 11.5 Å². The fraction of sp³-hybridized carbons (Fsp3) is 0.385. The van der Waals surface area contributed by atoms with E-state index in [4.69, 9.17) is 14.2 Å². The van der Waals surface area contributed by atoms with Gasteiger partial charge in [0.05, 0.1) is 19.8 Å². The molecule has 0 aliphatic heterocycles. The highest BCUT2D eigenvalue weighted by atomic mass is 16.7. The van der Waals surface area contributed by atoms with Gasteiger partial charge >= 0.3 is 5.97 Å². The molecule has 0 atom stereocenters. The first-order chi connectivity index (χ1) is 9.12. The van der Waals surface area contributed by atoms with Crippen LogP contribution >= 0.6 is 0 Å². The van der Waals surface area contributed by atoms with Crippen LogP contribution < -0.4 is 9.47 Å². The van der Waals surface area contributed by atoms with Crippen LogP contribution in [0.4, 0.5) is 0 Å². The van der Waals surface area contributed by atoms with Gasteiger partial charge in [0.1, 0.15) is 17.9 Å². The minimum atomic E-state index is -0.591. The van der Waals surface area contributed by atoms with Gasteiger partial charge in [0.2, 0.25) is 0 Å². The van der Waals surface area contributed by atoms with Gasteiger partial charge in [0.15, 0.2) is 12.6 Å². The molecule has 0 aliphatic carbocycles. The van der Waals surface area contributed by atoms with Crippen molar-refractivity contribution in [1.29, 1.82) is 0 Å². The maximum atomic E-state index is 11.9. The summed E-state index contributed by atoms with van der Waals surface area (Å²) in [6.07, 6.45) is -0.328. The van der Waals surface area contributed by atoms with E-state index in [1.54, 1.807) is 12.1 Å². The minimum Gasteiger partial charge on any atom is -0.496 e. The topological polar surface area (TPSA) is 71.1 Å². The number of Topliss-reactive ketones (excluding diaryl/α,β-unsaturated/α-hetero) is 1. The first-order valence-corrected chi connectivity index (χ1v) is 5.52. The van der Waals surface area contributed by atoms with Crippen molar-refractivity contribution in [2.45, 2.75) is 6.42 Å². The van der Waals surface area contributed by atoms with Crippen molar-refractivity contribution < 1.29 is 28.5 Å². The number of ketones is 1. The number of ether oxygens (including phenoxy) is 4. The Hall–Kier alpha value is -2.08. The Kier molecular flexibility index (Phi) is 5.81. The highest BCUT2D eigenvalue weighted by Gasteiger charge is 2.17. The summed E-state index contributed by atoms with van der Waals surface area (Å²) in [5.41, 5.74) is 0.303. The molecule has 1 aromatic rings. The number of hydrogen-bond donors (Lipinski definition) is 0. The summed E-state index contributed by atoms with van der Waals surface area (Å²) in [5, 5.41) is 0. The fourth-order valence-corrected chi connectivity index (χ4v) is 1.42. The van der Waals surface area contributed by atoms with Crippen LogP contribution in [0.2, 0.25) is 0 Å². The average molecular weight is 268 g/mol. The number of methoxy groups -OCH3 is 3. The van der Waals surface area contributed by atoms with E-state index >= 15 is 0 Å². The molecule has 0 fully saturated rings. The number of benzene rings is 1. The van der Waals surface area contributed by atoms with Crippen molar-refractivity contribution in [2.24, 2.45) is 0 Å². The van der Waals surface area contributed by atoms with Crippen LogP contribution in [0.15, 0.2) is 18.2 Å². The maximum absolute atomic E-state index is 11.9. The molecular weight excluding hydrogens is 252 g/mol. The van der Waals surface area contributed by atoms with Crippen LogP contribution in [0.25, 0.3) is 0 Å². The lowest BCUT2D eigenvalue weighted by Crippen LogP contribution is -2.11. The predicted molar refractivity (Wildman–Crippen MR) is 66.5 cm³/mol. The summed E-state index contributed by atoms with van der Waals surface area (Å²) < 4.78 is 19.6. The number of carbonyl (C=O) groups excluding carboxylic acids is 2. The third kappa shape index (κ3) is 4.26. The summed E-state index contributed by atoms with van der Waals surface area (Å²) in [7, 11) is 4.17. The zero-order valence-corrected chi connectivity index (χ0v) is 11.1. The number of rotatable bonds is 7. The zero-order chi connectivity index (χ0) is 14.3. The van der Waals surface area contributed by atoms with E-state index in [1.807, 2.05) is 0 Å². The van der Waals surface area contributed by atoms with Gasteiger partial charge in [0, 0.05) is 13.2 Å². The summed E-state index contributed by atoms with van der Waals surface area (Å²) in [5.74, 6) is -0.121. The molecule has 0 radical (unpaired) electrons. The van der Waals surface area contributed by atoms with Crippen molar-refractivity contribution >= 4 is 11.8 Å². The third-order valence-electron chi connectivity index (χ3n) is 2.35. The van der Waals surface area contributed by atoms with E-state index in [0.717, 1.165) is 0 Å². The molecule has 0 unspecified atom stereocenters. The van der Waals surface area contributed by atoms with Crippen molar-refractivity contribution in [2.75, 3.05) is 28.1 Å². The molecule has 0 amide bonds. The standard InChI is InChI=1S/C13H16O6/c1-16-8-19-9-4-5-10(12(6-9)17-2)11(14)7-13(15)18-3/h4-6H,7-8H2,1-3H3. The summed E-state index contributed by atoms with van der Waals surface area (Å²) in [4.78, 5) is 23.0. The van der Waals surface area contributed by atoms with Gasteiger partial charge in [-0.1, -0.05) is 0 Å². The third-order valence-corrected chi connectivity index (χ3v) is 2.35. The van der Waals surface area contributed by atoms with E-state index < -0.39 is 5.97 Å². The van der Waals surface area contributed by atoms with Gasteiger partial charge in [-0.25, -0.2) is 0 Å². The molecule has 1 rings (SSSR count). The Labute approximate surface area is 111 Å². The lowest BCUT2D eigenvalue weighted by atomic mass is 10.1. The van der Waals surface area contributed by atoms with Gasteiger partial charge in [-0.3, -0.25) is 9.59 Å². The van der Waals surface area contributed by atoms with E-state index in [1.165, 1.54) is 27.4 Å². The van der Waals surface area contributed by atoms with Crippen LogP contribution in [-0.2, 0) is 14.3 Å². The molecule has 0 saturated heterocycles. The molecule has 0 N–H and O–H groups in total. The molecule has 0 spiro atoms. The molecule has 1 aromatic carbocycles. The summed E-state index contributed by atoms with van der Waals surface area (Å²) in [6, 6.07) is 4.70. The molecule has 0 heterocycles. The summed E-state index contributed by atoms with van der Waals surface area (Å²) in [6.45, 7) is 0.0958. The first kappa shape index (κ1) is 15.0. The van der Waals surface area contributed by atoms with Crippen molar-refractivity contribution in [1.82, 2.24) is 0 Å². The van der Waals surface area contributed by atoms with E-state index in [9.17, 15) is 9.59 Å². The molecule has 19 heavy (non-hydrogen) atoms. The second-order valence-corrected chi connectivity index (χ2v) is 3.59. The van der Waals surface area contributed by atoms with Gasteiger partial charge in [-0.2, -0.15) is 0 Å². The summed E-state index contributed by atoms with van der Waals surface area (Å²) >= 11 is 0. The monoisotopic (exact) mass is 268 g/mol. The molecule has 6 heteroatoms. The quantitative estimate of drug-likeness (QED) is 0.322. The van der Waals surface area contributed by atoms with E-state index in [0.29, 0.717) is 17.1 Å². The second-order valence-electron chi connectivity index (χ2n) is 3.59. The SMILES string of the molecule is COCOc1ccc(C(=O)CC(=O)OC)c(OC)c1. The smallest absolute Gasteiger partial charge is 0.313 e. The molecular formula is C13H16O6. The number of esters is 1. The average Bonchev–Trinajstić information content (AvgIpc) is 2.44. The van der Waals surface area contributed by atoms with Gasteiger partial charge in [-0.15, -0.1) is 0 Å². The fourth-order valence-electron chi connectivity index (χ4n) is 1.42. The molecule has 0 bridgehead atoms. The molecule has 0 aliphatic rings. The van der Waals surface area contributed by atoms with E-state index in [-0.39, 0.29) is 19.0 Å². The van der Waals surface area contributed by atoms with Crippen LogP contribution in [0.3, 0.4) is 0 Å².